The molecule has 0 radical (unpaired) electrons. The largest absolute Gasteiger partial charge is 0.310 e. The molecule has 0 aliphatic carbocycles. The molecular formula is C16H15BrF3N. The summed E-state index contributed by atoms with van der Waals surface area (Å²) < 4.78 is 41.4. The molecule has 1 N–H and O–H groups in total. The van der Waals surface area contributed by atoms with E-state index in [4.69, 9.17) is 0 Å². The van der Waals surface area contributed by atoms with Crippen LogP contribution in [0.1, 0.15) is 18.1 Å². The lowest BCUT2D eigenvalue weighted by Crippen LogP contribution is -2.28. The SMILES string of the molecule is CC(Cc1c(F)cccc1F)NCc1ccc(Br)cc1F. The lowest BCUT2D eigenvalue weighted by atomic mass is 10.1. The van der Waals surface area contributed by atoms with Gasteiger partial charge in [0, 0.05) is 28.2 Å². The average Bonchev–Trinajstić information content (AvgIpc) is 2.42. The molecule has 0 saturated heterocycles. The van der Waals surface area contributed by atoms with Crippen LogP contribution in [0.15, 0.2) is 40.9 Å². The van der Waals surface area contributed by atoms with E-state index in [1.165, 1.54) is 24.3 Å². The van der Waals surface area contributed by atoms with Crippen molar-refractivity contribution >= 4 is 15.9 Å². The first kappa shape index (κ1) is 16.0. The molecule has 21 heavy (non-hydrogen) atoms. The molecule has 112 valence electrons. The van der Waals surface area contributed by atoms with Gasteiger partial charge in [0.15, 0.2) is 0 Å². The minimum Gasteiger partial charge on any atom is -0.310 e. The Bertz CT molecular complexity index is 611. The Labute approximate surface area is 130 Å². The molecule has 5 heteroatoms. The molecule has 0 spiro atoms. The van der Waals surface area contributed by atoms with Crippen molar-refractivity contribution in [3.8, 4) is 0 Å². The van der Waals surface area contributed by atoms with E-state index in [1.807, 2.05) is 6.92 Å². The first-order chi connectivity index (χ1) is 9.97. The summed E-state index contributed by atoms with van der Waals surface area (Å²) in [5.41, 5.74) is 0.563. The average molecular weight is 358 g/mol. The van der Waals surface area contributed by atoms with E-state index in [-0.39, 0.29) is 23.8 Å². The smallest absolute Gasteiger partial charge is 0.129 e. The first-order valence-corrected chi connectivity index (χ1v) is 7.37. The molecule has 2 aromatic carbocycles. The second-order valence-electron chi connectivity index (χ2n) is 4.92. The maximum Gasteiger partial charge on any atom is 0.129 e. The van der Waals surface area contributed by atoms with Gasteiger partial charge in [-0.15, -0.1) is 0 Å². The Hall–Kier alpha value is -1.33. The summed E-state index contributed by atoms with van der Waals surface area (Å²) >= 11 is 3.19. The number of rotatable bonds is 5. The molecule has 0 aliphatic heterocycles. The summed E-state index contributed by atoms with van der Waals surface area (Å²) in [6, 6.07) is 8.43. The molecule has 0 heterocycles. The highest BCUT2D eigenvalue weighted by molar-refractivity contribution is 9.10. The van der Waals surface area contributed by atoms with Crippen molar-refractivity contribution in [3.63, 3.8) is 0 Å². The molecule has 2 rings (SSSR count). The van der Waals surface area contributed by atoms with Crippen molar-refractivity contribution in [3.05, 3.63) is 69.4 Å². The van der Waals surface area contributed by atoms with Gasteiger partial charge in [0.05, 0.1) is 0 Å². The minimum absolute atomic E-state index is 0.0498. The van der Waals surface area contributed by atoms with Gasteiger partial charge in [-0.25, -0.2) is 13.2 Å². The highest BCUT2D eigenvalue weighted by atomic mass is 79.9. The normalized spacial score (nSPS) is 12.4. The second-order valence-corrected chi connectivity index (χ2v) is 5.84. The zero-order valence-corrected chi connectivity index (χ0v) is 13.1. The second kappa shape index (κ2) is 7.09. The Morgan fingerprint density at radius 2 is 1.71 bits per heavy atom. The van der Waals surface area contributed by atoms with Gasteiger partial charge in [-0.05, 0) is 37.6 Å². The monoisotopic (exact) mass is 357 g/mol. The van der Waals surface area contributed by atoms with E-state index < -0.39 is 11.6 Å². The predicted molar refractivity (Wildman–Crippen MR) is 80.5 cm³/mol. The van der Waals surface area contributed by atoms with E-state index in [9.17, 15) is 13.2 Å². The standard InChI is InChI=1S/C16H15BrF3N/c1-10(7-13-14(18)3-2-4-15(13)19)21-9-11-5-6-12(17)8-16(11)20/h2-6,8,10,21H,7,9H2,1H3. The fraction of sp³-hybridized carbons (Fsp3) is 0.250. The van der Waals surface area contributed by atoms with Crippen LogP contribution in [0.4, 0.5) is 13.2 Å². The van der Waals surface area contributed by atoms with E-state index in [0.717, 1.165) is 0 Å². The summed E-state index contributed by atoms with van der Waals surface area (Å²) in [4.78, 5) is 0. The van der Waals surface area contributed by atoms with Crippen LogP contribution in [0.5, 0.6) is 0 Å². The van der Waals surface area contributed by atoms with Crippen LogP contribution >= 0.6 is 15.9 Å². The van der Waals surface area contributed by atoms with Crippen LogP contribution < -0.4 is 5.32 Å². The highest BCUT2D eigenvalue weighted by Crippen LogP contribution is 2.17. The van der Waals surface area contributed by atoms with Gasteiger partial charge in [-0.1, -0.05) is 28.1 Å². The lowest BCUT2D eigenvalue weighted by Gasteiger charge is -2.15. The van der Waals surface area contributed by atoms with Crippen molar-refractivity contribution in [2.75, 3.05) is 0 Å². The van der Waals surface area contributed by atoms with Gasteiger partial charge in [-0.3, -0.25) is 0 Å². The maximum absolute atomic E-state index is 13.7. The summed E-state index contributed by atoms with van der Waals surface area (Å²) in [6.07, 6.45) is 0.205. The number of hydrogen-bond acceptors (Lipinski definition) is 1. The number of hydrogen-bond donors (Lipinski definition) is 1. The molecule has 0 saturated carbocycles. The number of halogens is 4. The molecule has 0 amide bonds. The van der Waals surface area contributed by atoms with Crippen LogP contribution in [0, 0.1) is 17.5 Å². The molecule has 0 aromatic heterocycles. The van der Waals surface area contributed by atoms with Gasteiger partial charge in [0.2, 0.25) is 0 Å². The zero-order valence-electron chi connectivity index (χ0n) is 11.5. The fourth-order valence-electron chi connectivity index (χ4n) is 2.05. The summed E-state index contributed by atoms with van der Waals surface area (Å²) in [6.45, 7) is 2.11. The molecule has 1 nitrogen and oxygen atoms in total. The maximum atomic E-state index is 13.7. The van der Waals surface area contributed by atoms with Gasteiger partial charge < -0.3 is 5.32 Å². The zero-order chi connectivity index (χ0) is 15.4. The Morgan fingerprint density at radius 3 is 2.33 bits per heavy atom. The van der Waals surface area contributed by atoms with Gasteiger partial charge in [0.25, 0.3) is 0 Å². The number of benzene rings is 2. The van der Waals surface area contributed by atoms with Gasteiger partial charge in [-0.2, -0.15) is 0 Å². The van der Waals surface area contributed by atoms with Crippen LogP contribution in [-0.2, 0) is 13.0 Å². The van der Waals surface area contributed by atoms with E-state index in [0.29, 0.717) is 16.6 Å². The topological polar surface area (TPSA) is 12.0 Å². The van der Waals surface area contributed by atoms with E-state index in [1.54, 1.807) is 12.1 Å². The number of nitrogens with one attached hydrogen (secondary N) is 1. The molecule has 1 unspecified atom stereocenters. The summed E-state index contributed by atoms with van der Waals surface area (Å²) in [7, 11) is 0. The van der Waals surface area contributed by atoms with Crippen LogP contribution in [0.25, 0.3) is 0 Å². The molecular weight excluding hydrogens is 343 g/mol. The third-order valence-corrected chi connectivity index (χ3v) is 3.72. The summed E-state index contributed by atoms with van der Waals surface area (Å²) in [5, 5.41) is 3.07. The quantitative estimate of drug-likeness (QED) is 0.825. The van der Waals surface area contributed by atoms with Gasteiger partial charge >= 0.3 is 0 Å². The fourth-order valence-corrected chi connectivity index (χ4v) is 2.39. The van der Waals surface area contributed by atoms with Crippen molar-refractivity contribution < 1.29 is 13.2 Å². The molecule has 1 atom stereocenters. The van der Waals surface area contributed by atoms with Crippen molar-refractivity contribution in [2.24, 2.45) is 0 Å². The lowest BCUT2D eigenvalue weighted by molar-refractivity contribution is 0.492. The van der Waals surface area contributed by atoms with Gasteiger partial charge in [0.1, 0.15) is 17.5 Å². The van der Waals surface area contributed by atoms with Crippen LogP contribution in [0.2, 0.25) is 0 Å². The van der Waals surface area contributed by atoms with Crippen LogP contribution in [-0.4, -0.2) is 6.04 Å². The van der Waals surface area contributed by atoms with Crippen molar-refractivity contribution in [1.29, 1.82) is 0 Å². The van der Waals surface area contributed by atoms with E-state index >= 15 is 0 Å². The predicted octanol–water partition coefficient (Wildman–Crippen LogP) is 4.59. The Morgan fingerprint density at radius 1 is 1.05 bits per heavy atom. The Kier molecular flexibility index (Phi) is 5.42. The molecule has 2 aromatic rings. The third kappa shape index (κ3) is 4.32. The first-order valence-electron chi connectivity index (χ1n) is 6.57. The third-order valence-electron chi connectivity index (χ3n) is 3.23. The van der Waals surface area contributed by atoms with Crippen molar-refractivity contribution in [1.82, 2.24) is 5.32 Å². The van der Waals surface area contributed by atoms with E-state index in [2.05, 4.69) is 21.2 Å². The van der Waals surface area contributed by atoms with Crippen LogP contribution in [0.3, 0.4) is 0 Å². The molecule has 0 aliphatic rings. The summed E-state index contributed by atoms with van der Waals surface area (Å²) in [5.74, 6) is -1.43. The highest BCUT2D eigenvalue weighted by Gasteiger charge is 2.13. The molecule has 0 bridgehead atoms. The minimum atomic E-state index is -0.557. The molecule has 0 fully saturated rings. The van der Waals surface area contributed by atoms with Crippen molar-refractivity contribution in [2.45, 2.75) is 25.9 Å². The Balaban J connectivity index is 1.97.